The van der Waals surface area contributed by atoms with Gasteiger partial charge in [-0.1, -0.05) is 19.0 Å². The Kier molecular flexibility index (Phi) is 2.81. The molecule has 0 unspecified atom stereocenters. The van der Waals surface area contributed by atoms with Crippen LogP contribution in [0.5, 0.6) is 0 Å². The Hall–Kier alpha value is -0.440. The second kappa shape index (κ2) is 3.66. The summed E-state index contributed by atoms with van der Waals surface area (Å²) in [6.45, 7) is 4.34. The summed E-state index contributed by atoms with van der Waals surface area (Å²) in [5.41, 5.74) is 1.03. The molecular formula is C7H11NOS. The van der Waals surface area contributed by atoms with E-state index in [9.17, 15) is 0 Å². The van der Waals surface area contributed by atoms with Gasteiger partial charge in [-0.15, -0.1) is 0 Å². The van der Waals surface area contributed by atoms with Gasteiger partial charge in [-0.2, -0.15) is 11.8 Å². The molecule has 1 rings (SSSR count). The van der Waals surface area contributed by atoms with E-state index >= 15 is 0 Å². The van der Waals surface area contributed by atoms with Crippen LogP contribution >= 0.6 is 11.8 Å². The first-order valence-corrected chi connectivity index (χ1v) is 4.35. The van der Waals surface area contributed by atoms with Crippen LogP contribution in [0.2, 0.25) is 0 Å². The van der Waals surface area contributed by atoms with Gasteiger partial charge in [-0.25, -0.2) is 0 Å². The van der Waals surface area contributed by atoms with E-state index in [0.29, 0.717) is 5.25 Å². The first-order valence-electron chi connectivity index (χ1n) is 3.30. The molecule has 0 N–H and O–H groups in total. The molecule has 0 atom stereocenters. The lowest BCUT2D eigenvalue weighted by molar-refractivity contribution is 0.414. The van der Waals surface area contributed by atoms with Crippen molar-refractivity contribution in [3.63, 3.8) is 0 Å². The lowest BCUT2D eigenvalue weighted by Crippen LogP contribution is -1.88. The molecule has 0 fully saturated rings. The fourth-order valence-corrected chi connectivity index (χ4v) is 1.22. The maximum absolute atomic E-state index is 4.68. The van der Waals surface area contributed by atoms with Gasteiger partial charge >= 0.3 is 0 Å². The van der Waals surface area contributed by atoms with Crippen LogP contribution in [0.25, 0.3) is 0 Å². The molecule has 10 heavy (non-hydrogen) atoms. The highest BCUT2D eigenvalue weighted by Gasteiger charge is 1.98. The molecule has 1 aromatic heterocycles. The summed E-state index contributed by atoms with van der Waals surface area (Å²) < 4.78 is 4.68. The summed E-state index contributed by atoms with van der Waals surface area (Å²) in [5, 5.41) is 4.46. The van der Waals surface area contributed by atoms with Crippen LogP contribution in [0.4, 0.5) is 0 Å². The minimum absolute atomic E-state index is 0.664. The van der Waals surface area contributed by atoms with Gasteiger partial charge in [0.1, 0.15) is 6.26 Å². The molecule has 0 aliphatic rings. The Balaban J connectivity index is 2.28. The van der Waals surface area contributed by atoms with E-state index in [4.69, 9.17) is 0 Å². The van der Waals surface area contributed by atoms with Gasteiger partial charge in [0.15, 0.2) is 0 Å². The molecule has 3 heteroatoms. The van der Waals surface area contributed by atoms with Crippen molar-refractivity contribution in [2.24, 2.45) is 0 Å². The van der Waals surface area contributed by atoms with Crippen LogP contribution in [0.15, 0.2) is 16.9 Å². The molecule has 56 valence electrons. The quantitative estimate of drug-likeness (QED) is 0.673. The largest absolute Gasteiger partial charge is 0.364 e. The van der Waals surface area contributed by atoms with Crippen LogP contribution in [0, 0.1) is 0 Å². The fraction of sp³-hybridized carbons (Fsp3) is 0.571. The van der Waals surface area contributed by atoms with Crippen molar-refractivity contribution in [1.29, 1.82) is 0 Å². The average Bonchev–Trinajstić information content (AvgIpc) is 2.34. The maximum Gasteiger partial charge on any atom is 0.124 e. The standard InChI is InChI=1S/C7H11NOS/c1-6(2)10-5-7-3-4-9-8-7/h3-4,6H,5H2,1-2H3. The van der Waals surface area contributed by atoms with Crippen molar-refractivity contribution in [3.05, 3.63) is 18.0 Å². The molecule has 0 bridgehead atoms. The molecule has 0 saturated carbocycles. The fourth-order valence-electron chi connectivity index (χ4n) is 0.564. The first kappa shape index (κ1) is 7.66. The summed E-state index contributed by atoms with van der Waals surface area (Å²) in [6, 6.07) is 1.90. The van der Waals surface area contributed by atoms with Gasteiger partial charge in [0.05, 0.1) is 5.69 Å². The molecule has 2 nitrogen and oxygen atoms in total. The van der Waals surface area contributed by atoms with E-state index in [-0.39, 0.29) is 0 Å². The number of nitrogens with zero attached hydrogens (tertiary/aromatic N) is 1. The third-order valence-electron chi connectivity index (χ3n) is 1.06. The average molecular weight is 157 g/mol. The molecule has 1 heterocycles. The van der Waals surface area contributed by atoms with Crippen LogP contribution in [0.1, 0.15) is 19.5 Å². The van der Waals surface area contributed by atoms with Gasteiger partial charge in [0.25, 0.3) is 0 Å². The summed E-state index contributed by atoms with van der Waals surface area (Å²) >= 11 is 1.87. The van der Waals surface area contributed by atoms with E-state index in [1.807, 2.05) is 17.8 Å². The third-order valence-corrected chi connectivity index (χ3v) is 2.18. The minimum atomic E-state index is 0.664. The predicted octanol–water partition coefficient (Wildman–Crippen LogP) is 2.32. The predicted molar refractivity (Wildman–Crippen MR) is 42.9 cm³/mol. The maximum atomic E-state index is 4.68. The SMILES string of the molecule is CC(C)SCc1ccon1. The van der Waals surface area contributed by atoms with Crippen LogP contribution in [-0.4, -0.2) is 10.4 Å². The highest BCUT2D eigenvalue weighted by molar-refractivity contribution is 7.99. The van der Waals surface area contributed by atoms with Crippen molar-refractivity contribution in [1.82, 2.24) is 5.16 Å². The Morgan fingerprint density at radius 3 is 3.00 bits per heavy atom. The molecule has 0 aliphatic heterocycles. The second-order valence-corrected chi connectivity index (χ2v) is 3.92. The van der Waals surface area contributed by atoms with Crippen molar-refractivity contribution in [2.75, 3.05) is 0 Å². The normalized spacial score (nSPS) is 10.7. The van der Waals surface area contributed by atoms with Gasteiger partial charge in [-0.3, -0.25) is 0 Å². The van der Waals surface area contributed by atoms with E-state index in [1.54, 1.807) is 6.26 Å². The van der Waals surface area contributed by atoms with Gasteiger partial charge in [0.2, 0.25) is 0 Å². The monoisotopic (exact) mass is 157 g/mol. The molecular weight excluding hydrogens is 146 g/mol. The first-order chi connectivity index (χ1) is 4.79. The molecule has 0 spiro atoms. The Labute approximate surface area is 65.0 Å². The van der Waals surface area contributed by atoms with Crippen molar-refractivity contribution >= 4 is 11.8 Å². The van der Waals surface area contributed by atoms with E-state index < -0.39 is 0 Å². The number of rotatable bonds is 3. The van der Waals surface area contributed by atoms with Crippen LogP contribution in [-0.2, 0) is 5.75 Å². The van der Waals surface area contributed by atoms with Gasteiger partial charge in [0, 0.05) is 11.8 Å². The van der Waals surface area contributed by atoms with Crippen molar-refractivity contribution in [3.8, 4) is 0 Å². The number of hydrogen-bond donors (Lipinski definition) is 0. The molecule has 0 aromatic carbocycles. The van der Waals surface area contributed by atoms with Crippen LogP contribution in [0.3, 0.4) is 0 Å². The molecule has 0 saturated heterocycles. The zero-order valence-electron chi connectivity index (χ0n) is 6.20. The third kappa shape index (κ3) is 2.43. The molecule has 0 radical (unpaired) electrons. The smallest absolute Gasteiger partial charge is 0.124 e. The summed E-state index contributed by atoms with van der Waals surface area (Å²) in [5.74, 6) is 0.953. The number of aromatic nitrogens is 1. The van der Waals surface area contributed by atoms with E-state index in [0.717, 1.165) is 11.4 Å². The number of thioether (sulfide) groups is 1. The van der Waals surface area contributed by atoms with E-state index in [1.165, 1.54) is 0 Å². The summed E-state index contributed by atoms with van der Waals surface area (Å²) in [7, 11) is 0. The van der Waals surface area contributed by atoms with Crippen molar-refractivity contribution in [2.45, 2.75) is 24.9 Å². The number of hydrogen-bond acceptors (Lipinski definition) is 3. The highest BCUT2D eigenvalue weighted by Crippen LogP contribution is 2.14. The van der Waals surface area contributed by atoms with Crippen molar-refractivity contribution < 1.29 is 4.52 Å². The molecule has 0 amide bonds. The topological polar surface area (TPSA) is 26.0 Å². The second-order valence-electron chi connectivity index (χ2n) is 2.35. The Morgan fingerprint density at radius 1 is 1.70 bits per heavy atom. The van der Waals surface area contributed by atoms with E-state index in [2.05, 4.69) is 23.5 Å². The zero-order chi connectivity index (χ0) is 7.40. The Morgan fingerprint density at radius 2 is 2.50 bits per heavy atom. The lowest BCUT2D eigenvalue weighted by Gasteiger charge is -1.99. The lowest BCUT2D eigenvalue weighted by atomic mass is 10.5. The Bertz CT molecular complexity index is 172. The van der Waals surface area contributed by atoms with Crippen LogP contribution < -0.4 is 0 Å². The molecule has 1 aromatic rings. The summed E-state index contributed by atoms with van der Waals surface area (Å²) in [4.78, 5) is 0. The van der Waals surface area contributed by atoms with Gasteiger partial charge < -0.3 is 4.52 Å². The molecule has 0 aliphatic carbocycles. The minimum Gasteiger partial charge on any atom is -0.364 e. The zero-order valence-corrected chi connectivity index (χ0v) is 7.02. The highest BCUT2D eigenvalue weighted by atomic mass is 32.2. The summed E-state index contributed by atoms with van der Waals surface area (Å²) in [6.07, 6.45) is 1.61. The van der Waals surface area contributed by atoms with Gasteiger partial charge in [-0.05, 0) is 5.25 Å².